The first kappa shape index (κ1) is 17.5. The lowest BCUT2D eigenvalue weighted by molar-refractivity contribution is -0.137. The summed E-state index contributed by atoms with van der Waals surface area (Å²) in [6.45, 7) is 5.22. The molecule has 0 unspecified atom stereocenters. The highest BCUT2D eigenvalue weighted by atomic mass is 19.4. The van der Waals surface area contributed by atoms with Crippen LogP contribution in [0.25, 0.3) is 11.3 Å². The van der Waals surface area contributed by atoms with E-state index in [9.17, 15) is 18.0 Å². The number of rotatable bonds is 3. The van der Waals surface area contributed by atoms with Gasteiger partial charge in [-0.3, -0.25) is 4.79 Å². The highest BCUT2D eigenvalue weighted by Gasteiger charge is 2.31. The van der Waals surface area contributed by atoms with Gasteiger partial charge >= 0.3 is 6.18 Å². The zero-order valence-electron chi connectivity index (χ0n) is 14.0. The van der Waals surface area contributed by atoms with E-state index in [2.05, 4.69) is 4.98 Å². The van der Waals surface area contributed by atoms with Crippen LogP contribution in [0.4, 0.5) is 19.0 Å². The number of Topliss-reactive ketones (excluding diaryl/α,β-unsaturated/α-hetero) is 1. The Balaban J connectivity index is 2.04. The lowest BCUT2D eigenvalue weighted by Gasteiger charge is -2.30. The third-order valence-corrected chi connectivity index (χ3v) is 4.08. The van der Waals surface area contributed by atoms with Crippen molar-refractivity contribution in [2.24, 2.45) is 0 Å². The van der Waals surface area contributed by atoms with E-state index in [1.165, 1.54) is 12.0 Å². The largest absolute Gasteiger partial charge is 0.416 e. The number of benzene rings is 1. The number of hydrogen-bond acceptors (Lipinski definition) is 3. The molecule has 6 heteroatoms. The molecule has 1 aliphatic rings. The van der Waals surface area contributed by atoms with Gasteiger partial charge in [-0.15, -0.1) is 0 Å². The Morgan fingerprint density at radius 2 is 1.96 bits per heavy atom. The molecule has 2 heterocycles. The summed E-state index contributed by atoms with van der Waals surface area (Å²) < 4.78 is 38.8. The fourth-order valence-electron chi connectivity index (χ4n) is 2.94. The van der Waals surface area contributed by atoms with E-state index >= 15 is 0 Å². The number of nitrogens with zero attached hydrogens (tertiary/aromatic N) is 2. The Hall–Kier alpha value is -2.37. The van der Waals surface area contributed by atoms with Crippen LogP contribution in [0.5, 0.6) is 0 Å². The molecule has 0 saturated heterocycles. The van der Waals surface area contributed by atoms with Crippen molar-refractivity contribution in [3.63, 3.8) is 0 Å². The minimum Gasteiger partial charge on any atom is -0.355 e. The summed E-state index contributed by atoms with van der Waals surface area (Å²) in [5.41, 5.74) is 0.629. The second-order valence-corrected chi connectivity index (χ2v) is 6.45. The standard InChI is InChI=1S/C19H18F3N2O/c1-12(2)11-24-9-8-17(25)15-6-7-16(23-18(15)24)13-4-3-5-14(10-13)19(20,21)22/h3-7,10H,8-9,11H2,1-2H3. The second kappa shape index (κ2) is 6.50. The Morgan fingerprint density at radius 3 is 2.64 bits per heavy atom. The molecule has 1 aromatic heterocycles. The summed E-state index contributed by atoms with van der Waals surface area (Å²) in [5, 5.41) is 0. The molecule has 0 aliphatic carbocycles. The van der Waals surface area contributed by atoms with E-state index in [4.69, 9.17) is 0 Å². The number of fused-ring (bicyclic) bond motifs is 1. The molecule has 0 fully saturated rings. The molecule has 25 heavy (non-hydrogen) atoms. The van der Waals surface area contributed by atoms with Gasteiger partial charge < -0.3 is 4.90 Å². The molecular formula is C19H18F3N2O. The van der Waals surface area contributed by atoms with Gasteiger partial charge in [0.1, 0.15) is 5.82 Å². The molecule has 1 aliphatic heterocycles. The van der Waals surface area contributed by atoms with Gasteiger partial charge in [0.25, 0.3) is 0 Å². The lowest BCUT2D eigenvalue weighted by Crippen LogP contribution is -2.35. The fraction of sp³-hybridized carbons (Fsp3) is 0.316. The van der Waals surface area contributed by atoms with Crippen LogP contribution in [0.15, 0.2) is 36.4 Å². The highest BCUT2D eigenvalue weighted by molar-refractivity contribution is 6.02. The van der Waals surface area contributed by atoms with Crippen molar-refractivity contribution in [1.29, 1.82) is 0 Å². The van der Waals surface area contributed by atoms with Crippen LogP contribution in [0.2, 0.25) is 0 Å². The Kier molecular flexibility index (Phi) is 4.54. The van der Waals surface area contributed by atoms with Gasteiger partial charge in [0, 0.05) is 25.1 Å². The Morgan fingerprint density at radius 1 is 1.20 bits per heavy atom. The van der Waals surface area contributed by atoms with E-state index in [0.717, 1.165) is 12.1 Å². The number of carbonyl (C=O) groups excluding carboxylic acids is 1. The van der Waals surface area contributed by atoms with Crippen LogP contribution < -0.4 is 4.90 Å². The van der Waals surface area contributed by atoms with Gasteiger partial charge in [0.2, 0.25) is 0 Å². The van der Waals surface area contributed by atoms with Gasteiger partial charge in [0.05, 0.1) is 16.8 Å². The average Bonchev–Trinajstić information content (AvgIpc) is 2.56. The van der Waals surface area contributed by atoms with E-state index in [1.54, 1.807) is 18.2 Å². The maximum Gasteiger partial charge on any atom is 0.416 e. The number of halogens is 3. The van der Waals surface area contributed by atoms with Crippen molar-refractivity contribution in [3.05, 3.63) is 53.4 Å². The maximum atomic E-state index is 12.9. The zero-order valence-corrected chi connectivity index (χ0v) is 14.0. The Labute approximate surface area is 144 Å². The number of ketones is 1. The monoisotopic (exact) mass is 347 g/mol. The predicted octanol–water partition coefficient (Wildman–Crippen LogP) is 4.77. The summed E-state index contributed by atoms with van der Waals surface area (Å²) in [6.07, 6.45) is -3.98. The van der Waals surface area contributed by atoms with Crippen LogP contribution in [0, 0.1) is 5.92 Å². The van der Waals surface area contributed by atoms with Gasteiger partial charge in [-0.2, -0.15) is 13.2 Å². The molecule has 0 saturated carbocycles. The average molecular weight is 347 g/mol. The van der Waals surface area contributed by atoms with E-state index in [0.29, 0.717) is 42.1 Å². The molecular weight excluding hydrogens is 329 g/mol. The summed E-state index contributed by atoms with van der Waals surface area (Å²) >= 11 is 0. The first-order valence-corrected chi connectivity index (χ1v) is 8.01. The number of carbonyl (C=O) groups is 1. The molecule has 0 N–H and O–H groups in total. The van der Waals surface area contributed by atoms with Crippen molar-refractivity contribution >= 4 is 11.6 Å². The first-order valence-electron chi connectivity index (χ1n) is 8.01. The summed E-state index contributed by atoms with van der Waals surface area (Å²) in [5.74, 6) is 1.74. The topological polar surface area (TPSA) is 33.2 Å². The second-order valence-electron chi connectivity index (χ2n) is 6.45. The molecule has 2 aromatic rings. The summed E-state index contributed by atoms with van der Waals surface area (Å²) in [4.78, 5) is 18.6. The van der Waals surface area contributed by atoms with Crippen molar-refractivity contribution in [3.8, 4) is 11.3 Å². The van der Waals surface area contributed by atoms with Crippen LogP contribution in [0.1, 0.15) is 36.2 Å². The quantitative estimate of drug-likeness (QED) is 0.801. The van der Waals surface area contributed by atoms with Gasteiger partial charge in [-0.05, 0) is 30.2 Å². The van der Waals surface area contributed by atoms with E-state index in [-0.39, 0.29) is 5.78 Å². The number of hydrogen-bond donors (Lipinski definition) is 0. The van der Waals surface area contributed by atoms with Gasteiger partial charge in [0.15, 0.2) is 5.78 Å². The van der Waals surface area contributed by atoms with Crippen molar-refractivity contribution in [2.45, 2.75) is 26.4 Å². The number of aromatic nitrogens is 1. The van der Waals surface area contributed by atoms with Gasteiger partial charge in [-0.1, -0.05) is 26.0 Å². The number of pyridine rings is 1. The van der Waals surface area contributed by atoms with Crippen molar-refractivity contribution in [1.82, 2.24) is 4.98 Å². The fourth-order valence-corrected chi connectivity index (χ4v) is 2.94. The minimum absolute atomic E-state index is 0.0168. The molecule has 0 spiro atoms. The van der Waals surface area contributed by atoms with E-state index in [1.807, 2.05) is 18.7 Å². The first-order chi connectivity index (χ1) is 11.8. The zero-order chi connectivity index (χ0) is 18.2. The van der Waals surface area contributed by atoms with E-state index < -0.39 is 11.7 Å². The third-order valence-electron chi connectivity index (χ3n) is 4.08. The Bertz CT molecular complexity index is 799. The summed E-state index contributed by atoms with van der Waals surface area (Å²) in [7, 11) is 0. The normalized spacial score (nSPS) is 14.8. The number of anilines is 1. The van der Waals surface area contributed by atoms with Crippen LogP contribution in [-0.4, -0.2) is 23.9 Å². The third kappa shape index (κ3) is 3.67. The molecule has 0 bridgehead atoms. The highest BCUT2D eigenvalue weighted by Crippen LogP contribution is 2.33. The molecule has 1 radical (unpaired) electrons. The molecule has 3 rings (SSSR count). The van der Waals surface area contributed by atoms with Crippen molar-refractivity contribution < 1.29 is 18.0 Å². The van der Waals surface area contributed by atoms with Crippen molar-refractivity contribution in [2.75, 3.05) is 18.0 Å². The van der Waals surface area contributed by atoms with Crippen LogP contribution in [0.3, 0.4) is 0 Å². The number of alkyl halides is 3. The SMILES string of the molecule is C[C](C)CN1CCC(=O)c2ccc(-c3cccc(C(F)(F)F)c3)nc21. The summed E-state index contributed by atoms with van der Waals surface area (Å²) in [6, 6.07) is 8.35. The molecule has 0 amide bonds. The maximum absolute atomic E-state index is 12.9. The predicted molar refractivity (Wildman–Crippen MR) is 90.4 cm³/mol. The molecule has 0 atom stereocenters. The smallest absolute Gasteiger partial charge is 0.355 e. The minimum atomic E-state index is -4.40. The molecule has 3 nitrogen and oxygen atoms in total. The van der Waals surface area contributed by atoms with Gasteiger partial charge in [-0.25, -0.2) is 4.98 Å². The molecule has 1 aromatic carbocycles. The molecule has 131 valence electrons. The van der Waals surface area contributed by atoms with Crippen LogP contribution in [-0.2, 0) is 6.18 Å². The van der Waals surface area contributed by atoms with Crippen LogP contribution >= 0.6 is 0 Å². The lowest BCUT2D eigenvalue weighted by atomic mass is 10.0.